The number of hydrogen-bond acceptors (Lipinski definition) is 3. The van der Waals surface area contributed by atoms with Crippen LogP contribution in [0.4, 0.5) is 0 Å². The molecule has 2 fully saturated rings. The summed E-state index contributed by atoms with van der Waals surface area (Å²) in [6.07, 6.45) is 3.74. The van der Waals surface area contributed by atoms with Gasteiger partial charge in [-0.05, 0) is 25.7 Å². The quantitative estimate of drug-likeness (QED) is 0.777. The van der Waals surface area contributed by atoms with E-state index in [2.05, 4.69) is 5.32 Å². The van der Waals surface area contributed by atoms with Gasteiger partial charge < -0.3 is 15.0 Å². The highest BCUT2D eigenvalue weighted by Gasteiger charge is 2.27. The summed E-state index contributed by atoms with van der Waals surface area (Å²) in [5.41, 5.74) is 0. The summed E-state index contributed by atoms with van der Waals surface area (Å²) in [6.45, 7) is 2.67. The molecule has 108 valence electrons. The van der Waals surface area contributed by atoms with Gasteiger partial charge in [0, 0.05) is 32.2 Å². The summed E-state index contributed by atoms with van der Waals surface area (Å²) >= 11 is 5.52. The molecule has 2 saturated heterocycles. The highest BCUT2D eigenvalue weighted by molar-refractivity contribution is 6.27. The fourth-order valence-corrected chi connectivity index (χ4v) is 2.81. The molecule has 2 aliphatic heterocycles. The number of carbonyl (C=O) groups excluding carboxylic acids is 2. The van der Waals surface area contributed by atoms with Crippen LogP contribution in [0.2, 0.25) is 0 Å². The molecule has 2 amide bonds. The van der Waals surface area contributed by atoms with E-state index in [9.17, 15) is 9.59 Å². The Morgan fingerprint density at radius 2 is 2.00 bits per heavy atom. The largest absolute Gasteiger partial charge is 0.376 e. The van der Waals surface area contributed by atoms with E-state index in [4.69, 9.17) is 16.3 Å². The second kappa shape index (κ2) is 7.10. The van der Waals surface area contributed by atoms with Gasteiger partial charge in [-0.15, -0.1) is 11.6 Å². The van der Waals surface area contributed by atoms with Gasteiger partial charge in [0.15, 0.2) is 0 Å². The fourth-order valence-electron chi connectivity index (χ4n) is 2.64. The van der Waals surface area contributed by atoms with Crippen LogP contribution in [-0.4, -0.2) is 54.9 Å². The molecule has 0 spiro atoms. The van der Waals surface area contributed by atoms with Crippen LogP contribution in [0.3, 0.4) is 0 Å². The minimum absolute atomic E-state index is 0.0146. The van der Waals surface area contributed by atoms with Crippen molar-refractivity contribution < 1.29 is 14.3 Å². The molecule has 19 heavy (non-hydrogen) atoms. The predicted molar refractivity (Wildman–Crippen MR) is 72.0 cm³/mol. The molecule has 1 unspecified atom stereocenters. The van der Waals surface area contributed by atoms with Crippen LogP contribution in [0.25, 0.3) is 0 Å². The molecule has 0 bridgehead atoms. The molecule has 0 radical (unpaired) electrons. The lowest BCUT2D eigenvalue weighted by Gasteiger charge is -2.31. The van der Waals surface area contributed by atoms with Crippen molar-refractivity contribution in [3.8, 4) is 0 Å². The number of alkyl halides is 1. The van der Waals surface area contributed by atoms with Crippen molar-refractivity contribution in [2.24, 2.45) is 5.92 Å². The Labute approximate surface area is 118 Å². The monoisotopic (exact) mass is 288 g/mol. The lowest BCUT2D eigenvalue weighted by molar-refractivity contribution is -0.133. The molecule has 0 aromatic carbocycles. The number of hydrogen-bond donors (Lipinski definition) is 1. The minimum atomic E-state index is -0.0418. The van der Waals surface area contributed by atoms with E-state index in [0.717, 1.165) is 32.3 Å². The van der Waals surface area contributed by atoms with Gasteiger partial charge in [0.25, 0.3) is 0 Å². The molecule has 0 aromatic heterocycles. The lowest BCUT2D eigenvalue weighted by atomic mass is 9.96. The number of nitrogens with zero attached hydrogens (tertiary/aromatic N) is 1. The SMILES string of the molecule is O=C(NCC1CCCO1)C1CCN(C(=O)CCl)CC1. The van der Waals surface area contributed by atoms with Crippen LogP contribution < -0.4 is 5.32 Å². The predicted octanol–water partition coefficient (Wildman–Crippen LogP) is 0.759. The zero-order chi connectivity index (χ0) is 13.7. The topological polar surface area (TPSA) is 58.6 Å². The van der Waals surface area contributed by atoms with Crippen molar-refractivity contribution in [1.29, 1.82) is 0 Å². The number of ether oxygens (including phenoxy) is 1. The molecular formula is C13H21ClN2O3. The normalized spacial score (nSPS) is 24.5. The Bertz CT molecular complexity index is 324. The maximum Gasteiger partial charge on any atom is 0.237 e. The number of amides is 2. The summed E-state index contributed by atoms with van der Waals surface area (Å²) in [5.74, 6) is 0.0877. The van der Waals surface area contributed by atoms with Crippen molar-refractivity contribution in [1.82, 2.24) is 10.2 Å². The van der Waals surface area contributed by atoms with E-state index in [1.807, 2.05) is 0 Å². The third-order valence-corrected chi connectivity index (χ3v) is 4.09. The molecule has 5 nitrogen and oxygen atoms in total. The Hall–Kier alpha value is -0.810. The van der Waals surface area contributed by atoms with E-state index in [1.54, 1.807) is 4.90 Å². The van der Waals surface area contributed by atoms with Crippen molar-refractivity contribution in [2.75, 3.05) is 32.1 Å². The number of likely N-dealkylation sites (tertiary alicyclic amines) is 1. The van der Waals surface area contributed by atoms with Crippen molar-refractivity contribution in [2.45, 2.75) is 31.8 Å². The van der Waals surface area contributed by atoms with Crippen LogP contribution in [0.1, 0.15) is 25.7 Å². The number of halogens is 1. The van der Waals surface area contributed by atoms with E-state index in [1.165, 1.54) is 0 Å². The molecule has 0 aliphatic carbocycles. The van der Waals surface area contributed by atoms with Crippen LogP contribution in [-0.2, 0) is 14.3 Å². The van der Waals surface area contributed by atoms with Gasteiger partial charge in [0.05, 0.1) is 6.10 Å². The number of piperidine rings is 1. The summed E-state index contributed by atoms with van der Waals surface area (Å²) in [4.78, 5) is 25.2. The van der Waals surface area contributed by atoms with Gasteiger partial charge in [0.1, 0.15) is 5.88 Å². The summed E-state index contributed by atoms with van der Waals surface area (Å²) in [5, 5.41) is 2.96. The van der Waals surface area contributed by atoms with Gasteiger partial charge in [0.2, 0.25) is 11.8 Å². The van der Waals surface area contributed by atoms with Gasteiger partial charge in [-0.1, -0.05) is 0 Å². The molecule has 6 heteroatoms. The highest BCUT2D eigenvalue weighted by atomic mass is 35.5. The highest BCUT2D eigenvalue weighted by Crippen LogP contribution is 2.18. The first-order valence-electron chi connectivity index (χ1n) is 6.93. The maximum absolute atomic E-state index is 12.0. The Balaban J connectivity index is 1.68. The molecule has 0 aromatic rings. The third-order valence-electron chi connectivity index (χ3n) is 3.86. The van der Waals surface area contributed by atoms with E-state index in [0.29, 0.717) is 19.6 Å². The third kappa shape index (κ3) is 4.08. The molecule has 2 aliphatic rings. The van der Waals surface area contributed by atoms with Crippen molar-refractivity contribution >= 4 is 23.4 Å². The molecule has 2 rings (SSSR count). The Morgan fingerprint density at radius 1 is 1.26 bits per heavy atom. The van der Waals surface area contributed by atoms with Crippen LogP contribution in [0.5, 0.6) is 0 Å². The zero-order valence-electron chi connectivity index (χ0n) is 11.1. The van der Waals surface area contributed by atoms with E-state index in [-0.39, 0.29) is 29.7 Å². The first kappa shape index (κ1) is 14.6. The van der Waals surface area contributed by atoms with E-state index >= 15 is 0 Å². The Morgan fingerprint density at radius 3 is 2.58 bits per heavy atom. The first-order valence-corrected chi connectivity index (χ1v) is 7.47. The van der Waals surface area contributed by atoms with Gasteiger partial charge in [-0.3, -0.25) is 9.59 Å². The van der Waals surface area contributed by atoms with Crippen LogP contribution in [0, 0.1) is 5.92 Å². The molecule has 2 heterocycles. The smallest absolute Gasteiger partial charge is 0.237 e. The van der Waals surface area contributed by atoms with E-state index < -0.39 is 0 Å². The van der Waals surface area contributed by atoms with Crippen molar-refractivity contribution in [3.05, 3.63) is 0 Å². The molecule has 1 N–H and O–H groups in total. The maximum atomic E-state index is 12.0. The zero-order valence-corrected chi connectivity index (χ0v) is 11.8. The number of rotatable bonds is 4. The van der Waals surface area contributed by atoms with Crippen LogP contribution in [0.15, 0.2) is 0 Å². The average molecular weight is 289 g/mol. The van der Waals surface area contributed by atoms with Gasteiger partial charge >= 0.3 is 0 Å². The second-order valence-corrected chi connectivity index (χ2v) is 5.44. The lowest BCUT2D eigenvalue weighted by Crippen LogP contribution is -2.44. The fraction of sp³-hybridized carbons (Fsp3) is 0.846. The van der Waals surface area contributed by atoms with Gasteiger partial charge in [-0.2, -0.15) is 0 Å². The molecule has 1 atom stereocenters. The minimum Gasteiger partial charge on any atom is -0.376 e. The average Bonchev–Trinajstić information content (AvgIpc) is 2.97. The molecular weight excluding hydrogens is 268 g/mol. The molecule has 0 saturated carbocycles. The first-order chi connectivity index (χ1) is 9.20. The number of nitrogens with one attached hydrogen (secondary N) is 1. The van der Waals surface area contributed by atoms with Gasteiger partial charge in [-0.25, -0.2) is 0 Å². The standard InChI is InChI=1S/C13H21ClN2O3/c14-8-12(17)16-5-3-10(4-6-16)13(18)15-9-11-2-1-7-19-11/h10-11H,1-9H2,(H,15,18). The second-order valence-electron chi connectivity index (χ2n) is 5.17. The summed E-state index contributed by atoms with van der Waals surface area (Å²) in [7, 11) is 0. The summed E-state index contributed by atoms with van der Waals surface area (Å²) in [6, 6.07) is 0. The number of carbonyl (C=O) groups is 2. The summed E-state index contributed by atoms with van der Waals surface area (Å²) < 4.78 is 5.47. The van der Waals surface area contributed by atoms with Crippen molar-refractivity contribution in [3.63, 3.8) is 0 Å². The van der Waals surface area contributed by atoms with Crippen LogP contribution >= 0.6 is 11.6 Å². The Kier molecular flexibility index (Phi) is 5.45.